The van der Waals surface area contributed by atoms with Gasteiger partial charge in [-0.3, -0.25) is 0 Å². The van der Waals surface area contributed by atoms with Crippen LogP contribution in [0.4, 0.5) is 0 Å². The van der Waals surface area contributed by atoms with Crippen molar-refractivity contribution in [3.63, 3.8) is 0 Å². The third kappa shape index (κ3) is 0.951. The lowest BCUT2D eigenvalue weighted by atomic mass is 9.94. The molecular weight excluding hydrogens is 144 g/mol. The van der Waals surface area contributed by atoms with Gasteiger partial charge in [0, 0.05) is 0 Å². The quantitative estimate of drug-likeness (QED) is 0.495. The molecule has 2 rings (SSSR count). The second-order valence-corrected chi connectivity index (χ2v) is 3.03. The van der Waals surface area contributed by atoms with Crippen LogP contribution in [-0.4, -0.2) is 29.7 Å². The number of ether oxygens (including phenoxy) is 2. The fourth-order valence-corrected chi connectivity index (χ4v) is 1.49. The number of hydrogen-bond acceptors (Lipinski definition) is 3. The van der Waals surface area contributed by atoms with Crippen LogP contribution in [0.2, 0.25) is 0 Å². The summed E-state index contributed by atoms with van der Waals surface area (Å²) >= 11 is 0. The summed E-state index contributed by atoms with van der Waals surface area (Å²) in [6.07, 6.45) is 6.09. The summed E-state index contributed by atoms with van der Waals surface area (Å²) < 4.78 is 10.5. The number of terminal acetylenes is 1. The SMILES string of the molecule is C#C[C@]1(O)CC[C@H]2CO[C@@H]1O2. The molecule has 2 aliphatic heterocycles. The van der Waals surface area contributed by atoms with Crippen LogP contribution >= 0.6 is 0 Å². The van der Waals surface area contributed by atoms with E-state index < -0.39 is 11.9 Å². The Morgan fingerprint density at radius 2 is 2.45 bits per heavy atom. The van der Waals surface area contributed by atoms with Gasteiger partial charge in [0.25, 0.3) is 0 Å². The summed E-state index contributed by atoms with van der Waals surface area (Å²) in [4.78, 5) is 0. The molecule has 0 aliphatic carbocycles. The van der Waals surface area contributed by atoms with Crippen LogP contribution in [0.5, 0.6) is 0 Å². The van der Waals surface area contributed by atoms with Crippen LogP contribution in [0.3, 0.4) is 0 Å². The first-order valence-electron chi connectivity index (χ1n) is 3.72. The summed E-state index contributed by atoms with van der Waals surface area (Å²) in [6.45, 7) is 0.564. The van der Waals surface area contributed by atoms with Gasteiger partial charge < -0.3 is 14.6 Å². The van der Waals surface area contributed by atoms with Gasteiger partial charge in [-0.25, -0.2) is 0 Å². The van der Waals surface area contributed by atoms with Crippen molar-refractivity contribution in [3.05, 3.63) is 0 Å². The molecule has 0 aromatic carbocycles. The highest BCUT2D eigenvalue weighted by Crippen LogP contribution is 2.34. The fourth-order valence-electron chi connectivity index (χ4n) is 1.49. The average Bonchev–Trinajstić information content (AvgIpc) is 2.44. The Kier molecular flexibility index (Phi) is 1.43. The van der Waals surface area contributed by atoms with Gasteiger partial charge in [0.15, 0.2) is 11.9 Å². The average molecular weight is 154 g/mol. The number of fused-ring (bicyclic) bond motifs is 2. The van der Waals surface area contributed by atoms with Crippen molar-refractivity contribution in [1.82, 2.24) is 0 Å². The molecule has 3 heteroatoms. The van der Waals surface area contributed by atoms with Gasteiger partial charge >= 0.3 is 0 Å². The molecule has 0 radical (unpaired) electrons. The normalized spacial score (nSPS) is 48.7. The minimum absolute atomic E-state index is 0.147. The Morgan fingerprint density at radius 3 is 3.18 bits per heavy atom. The van der Waals surface area contributed by atoms with Crippen LogP contribution < -0.4 is 0 Å². The van der Waals surface area contributed by atoms with E-state index in [2.05, 4.69) is 5.92 Å². The zero-order valence-electron chi connectivity index (χ0n) is 6.12. The lowest BCUT2D eigenvalue weighted by molar-refractivity contribution is -0.184. The molecule has 2 bridgehead atoms. The standard InChI is InChI=1S/C8H10O3/c1-2-8(9)4-3-6-5-10-7(8)11-6/h1,6-7,9H,3-5H2/t6-,7+,8-/m0/s1. The molecule has 0 spiro atoms. The Bertz CT molecular complexity index is 208. The third-order valence-electron chi connectivity index (χ3n) is 2.24. The molecule has 0 amide bonds. The van der Waals surface area contributed by atoms with Crippen molar-refractivity contribution in [1.29, 1.82) is 0 Å². The summed E-state index contributed by atoms with van der Waals surface area (Å²) in [5, 5.41) is 9.68. The first-order chi connectivity index (χ1) is 5.24. The molecule has 2 heterocycles. The van der Waals surface area contributed by atoms with Gasteiger partial charge in [0.05, 0.1) is 12.7 Å². The minimum Gasteiger partial charge on any atom is -0.373 e. The second-order valence-electron chi connectivity index (χ2n) is 3.03. The van der Waals surface area contributed by atoms with Crippen molar-refractivity contribution in [2.45, 2.75) is 30.8 Å². The largest absolute Gasteiger partial charge is 0.373 e. The van der Waals surface area contributed by atoms with E-state index in [9.17, 15) is 5.11 Å². The highest BCUT2D eigenvalue weighted by molar-refractivity contribution is 5.12. The highest BCUT2D eigenvalue weighted by atomic mass is 16.7. The topological polar surface area (TPSA) is 38.7 Å². The zero-order valence-corrected chi connectivity index (χ0v) is 6.12. The van der Waals surface area contributed by atoms with Gasteiger partial charge in [0.1, 0.15) is 0 Å². The van der Waals surface area contributed by atoms with Crippen molar-refractivity contribution in [2.75, 3.05) is 6.61 Å². The predicted octanol–water partition coefficient (Wildman–Crippen LogP) is -0.114. The zero-order chi connectivity index (χ0) is 7.90. The summed E-state index contributed by atoms with van der Waals surface area (Å²) in [6, 6.07) is 0. The molecule has 2 saturated heterocycles. The summed E-state index contributed by atoms with van der Waals surface area (Å²) in [5.41, 5.74) is -1.19. The van der Waals surface area contributed by atoms with Crippen LogP contribution in [0.25, 0.3) is 0 Å². The molecule has 3 atom stereocenters. The van der Waals surface area contributed by atoms with Crippen LogP contribution in [-0.2, 0) is 9.47 Å². The molecule has 3 nitrogen and oxygen atoms in total. The molecule has 0 aromatic rings. The molecule has 1 N–H and O–H groups in total. The Labute approximate surface area is 65.3 Å². The van der Waals surface area contributed by atoms with Crippen molar-refractivity contribution in [3.8, 4) is 12.3 Å². The van der Waals surface area contributed by atoms with E-state index in [1.54, 1.807) is 0 Å². The van der Waals surface area contributed by atoms with E-state index in [0.29, 0.717) is 13.0 Å². The van der Waals surface area contributed by atoms with Gasteiger partial charge in [-0.15, -0.1) is 6.42 Å². The molecule has 0 unspecified atom stereocenters. The van der Waals surface area contributed by atoms with Crippen LogP contribution in [0.1, 0.15) is 12.8 Å². The smallest absolute Gasteiger partial charge is 0.198 e. The Hall–Kier alpha value is -0.560. The molecule has 60 valence electrons. The maximum Gasteiger partial charge on any atom is 0.198 e. The second kappa shape index (κ2) is 2.21. The number of hydrogen-bond donors (Lipinski definition) is 1. The number of aliphatic hydroxyl groups is 1. The van der Waals surface area contributed by atoms with E-state index >= 15 is 0 Å². The van der Waals surface area contributed by atoms with Crippen molar-refractivity contribution >= 4 is 0 Å². The van der Waals surface area contributed by atoms with E-state index in [1.165, 1.54) is 0 Å². The lowest BCUT2D eigenvalue weighted by Gasteiger charge is -2.31. The number of rotatable bonds is 0. The Morgan fingerprint density at radius 1 is 1.64 bits per heavy atom. The van der Waals surface area contributed by atoms with Crippen molar-refractivity contribution < 1.29 is 14.6 Å². The molecule has 2 fully saturated rings. The maximum absolute atomic E-state index is 9.68. The first kappa shape index (κ1) is 7.11. The van der Waals surface area contributed by atoms with Gasteiger partial charge in [-0.05, 0) is 12.8 Å². The highest BCUT2D eigenvalue weighted by Gasteiger charge is 2.47. The Balaban J connectivity index is 2.20. The molecular formula is C8H10O3. The summed E-state index contributed by atoms with van der Waals surface area (Å²) in [7, 11) is 0. The molecule has 2 aliphatic rings. The third-order valence-corrected chi connectivity index (χ3v) is 2.24. The molecule has 11 heavy (non-hydrogen) atoms. The minimum atomic E-state index is -1.19. The van der Waals surface area contributed by atoms with E-state index in [0.717, 1.165) is 6.42 Å². The maximum atomic E-state index is 9.68. The monoisotopic (exact) mass is 154 g/mol. The van der Waals surface area contributed by atoms with Crippen LogP contribution in [0.15, 0.2) is 0 Å². The fraction of sp³-hybridized carbons (Fsp3) is 0.750. The van der Waals surface area contributed by atoms with E-state index in [1.807, 2.05) is 0 Å². The van der Waals surface area contributed by atoms with E-state index in [4.69, 9.17) is 15.9 Å². The summed E-state index contributed by atoms with van der Waals surface area (Å²) in [5.74, 6) is 2.31. The van der Waals surface area contributed by atoms with Crippen molar-refractivity contribution in [2.24, 2.45) is 0 Å². The van der Waals surface area contributed by atoms with Gasteiger partial charge in [-0.2, -0.15) is 0 Å². The van der Waals surface area contributed by atoms with Crippen LogP contribution in [0, 0.1) is 12.3 Å². The molecule has 0 aromatic heterocycles. The molecule has 0 saturated carbocycles. The van der Waals surface area contributed by atoms with E-state index in [-0.39, 0.29) is 6.10 Å². The first-order valence-corrected chi connectivity index (χ1v) is 3.72. The van der Waals surface area contributed by atoms with Gasteiger partial charge in [0.2, 0.25) is 0 Å². The predicted molar refractivity (Wildman–Crippen MR) is 37.6 cm³/mol. The lowest BCUT2D eigenvalue weighted by Crippen LogP contribution is -2.45. The van der Waals surface area contributed by atoms with Gasteiger partial charge in [-0.1, -0.05) is 5.92 Å².